The van der Waals surface area contributed by atoms with Crippen LogP contribution in [0.4, 0.5) is 0 Å². The van der Waals surface area contributed by atoms with Gasteiger partial charge in [-0.25, -0.2) is 0 Å². The Morgan fingerprint density at radius 1 is 1.60 bits per heavy atom. The summed E-state index contributed by atoms with van der Waals surface area (Å²) in [6.45, 7) is 3.61. The van der Waals surface area contributed by atoms with Crippen LogP contribution in [0, 0.1) is 5.92 Å². The van der Waals surface area contributed by atoms with Gasteiger partial charge in [-0.2, -0.15) is 0 Å². The van der Waals surface area contributed by atoms with Crippen LogP contribution in [0.2, 0.25) is 0 Å². The molecule has 0 bridgehead atoms. The molecule has 2 atom stereocenters. The Bertz CT molecular complexity index is 89.7. The van der Waals surface area contributed by atoms with Crippen LogP contribution in [0.5, 0.6) is 0 Å². The maximum absolute atomic E-state index is 8.75. The normalized spacial score (nSPS) is 33.0. The molecule has 62 valence electrons. The molecule has 1 fully saturated rings. The molecule has 2 N–H and O–H groups in total. The summed E-state index contributed by atoms with van der Waals surface area (Å²) in [5.74, 6) is 0.795. The maximum atomic E-state index is 8.75. The Balaban J connectivity index is 0.000000810. The molecule has 3 heteroatoms. The average molecular weight is 166 g/mol. The summed E-state index contributed by atoms with van der Waals surface area (Å²) in [6.07, 6.45) is 2.40. The van der Waals surface area contributed by atoms with Crippen molar-refractivity contribution in [1.82, 2.24) is 5.32 Å². The fraction of sp³-hybridized carbons (Fsp3) is 1.00. The molecule has 0 aromatic heterocycles. The smallest absolute Gasteiger partial charge is 0.0584 e. The number of hydrogen-bond donors (Lipinski definition) is 2. The third-order valence-electron chi connectivity index (χ3n) is 1.98. The van der Waals surface area contributed by atoms with Gasteiger partial charge in [0.25, 0.3) is 0 Å². The van der Waals surface area contributed by atoms with E-state index >= 15 is 0 Å². The Labute approximate surface area is 68.4 Å². The van der Waals surface area contributed by atoms with Crippen LogP contribution in [-0.2, 0) is 0 Å². The molecule has 0 spiro atoms. The van der Waals surface area contributed by atoms with Crippen LogP contribution in [-0.4, -0.2) is 24.3 Å². The molecule has 0 saturated carbocycles. The Kier molecular flexibility index (Phi) is 5.04. The molecule has 1 rings (SSSR count). The first kappa shape index (κ1) is 10.2. The SMILES string of the molecule is CC1CCNC(CO)C1.Cl. The van der Waals surface area contributed by atoms with Gasteiger partial charge in [-0.15, -0.1) is 12.4 Å². The molecule has 0 aromatic rings. The summed E-state index contributed by atoms with van der Waals surface area (Å²) in [4.78, 5) is 0. The minimum Gasteiger partial charge on any atom is -0.395 e. The molecule has 2 unspecified atom stereocenters. The van der Waals surface area contributed by atoms with Gasteiger partial charge in [-0.05, 0) is 25.3 Å². The largest absolute Gasteiger partial charge is 0.395 e. The number of halogens is 1. The molecule has 1 heterocycles. The quantitative estimate of drug-likeness (QED) is 0.602. The van der Waals surface area contributed by atoms with Crippen molar-refractivity contribution in [3.63, 3.8) is 0 Å². The fourth-order valence-electron chi connectivity index (χ4n) is 1.36. The Morgan fingerprint density at radius 2 is 2.30 bits per heavy atom. The number of aliphatic hydroxyl groups is 1. The molecule has 1 aliphatic heterocycles. The first-order valence-corrected chi connectivity index (χ1v) is 3.67. The van der Waals surface area contributed by atoms with E-state index < -0.39 is 0 Å². The summed E-state index contributed by atoms with van der Waals surface area (Å²) in [5, 5.41) is 12.0. The summed E-state index contributed by atoms with van der Waals surface area (Å²) >= 11 is 0. The lowest BCUT2D eigenvalue weighted by atomic mass is 9.95. The maximum Gasteiger partial charge on any atom is 0.0584 e. The predicted octanol–water partition coefficient (Wildman–Crippen LogP) is 0.789. The van der Waals surface area contributed by atoms with Crippen molar-refractivity contribution in [2.45, 2.75) is 25.8 Å². The number of rotatable bonds is 1. The van der Waals surface area contributed by atoms with Gasteiger partial charge < -0.3 is 10.4 Å². The molecule has 0 amide bonds. The third-order valence-corrected chi connectivity index (χ3v) is 1.98. The highest BCUT2D eigenvalue weighted by atomic mass is 35.5. The van der Waals surface area contributed by atoms with Crippen LogP contribution >= 0.6 is 12.4 Å². The molecule has 0 aromatic carbocycles. The minimum atomic E-state index is 0. The van der Waals surface area contributed by atoms with E-state index in [9.17, 15) is 0 Å². The fourth-order valence-corrected chi connectivity index (χ4v) is 1.36. The molecule has 1 saturated heterocycles. The predicted molar refractivity (Wildman–Crippen MR) is 44.5 cm³/mol. The summed E-state index contributed by atoms with van der Waals surface area (Å²) in [7, 11) is 0. The first-order valence-electron chi connectivity index (χ1n) is 3.67. The van der Waals surface area contributed by atoms with Gasteiger partial charge in [0.2, 0.25) is 0 Å². The van der Waals surface area contributed by atoms with Gasteiger partial charge in [0.1, 0.15) is 0 Å². The van der Waals surface area contributed by atoms with Crippen molar-refractivity contribution >= 4 is 12.4 Å². The molecule has 10 heavy (non-hydrogen) atoms. The highest BCUT2D eigenvalue weighted by Gasteiger charge is 2.16. The van der Waals surface area contributed by atoms with Crippen molar-refractivity contribution in [2.24, 2.45) is 5.92 Å². The van der Waals surface area contributed by atoms with E-state index in [-0.39, 0.29) is 12.4 Å². The summed E-state index contributed by atoms with van der Waals surface area (Å²) < 4.78 is 0. The number of hydrogen-bond acceptors (Lipinski definition) is 2. The summed E-state index contributed by atoms with van der Waals surface area (Å²) in [5.41, 5.74) is 0. The van der Waals surface area contributed by atoms with E-state index in [1.165, 1.54) is 6.42 Å². The van der Waals surface area contributed by atoms with Crippen molar-refractivity contribution in [3.05, 3.63) is 0 Å². The van der Waals surface area contributed by atoms with Crippen LogP contribution in [0.15, 0.2) is 0 Å². The lowest BCUT2D eigenvalue weighted by molar-refractivity contribution is 0.198. The number of aliphatic hydroxyl groups excluding tert-OH is 1. The topological polar surface area (TPSA) is 32.3 Å². The average Bonchev–Trinajstić information content (AvgIpc) is 1.88. The zero-order valence-corrected chi connectivity index (χ0v) is 7.16. The lowest BCUT2D eigenvalue weighted by Crippen LogP contribution is -2.39. The van der Waals surface area contributed by atoms with E-state index in [4.69, 9.17) is 5.11 Å². The zero-order chi connectivity index (χ0) is 6.69. The Hall–Kier alpha value is 0.210. The summed E-state index contributed by atoms with van der Waals surface area (Å²) in [6, 6.07) is 0.369. The molecular formula is C7H16ClNO. The number of piperidine rings is 1. The molecule has 0 radical (unpaired) electrons. The second kappa shape index (κ2) is 4.94. The van der Waals surface area contributed by atoms with Crippen LogP contribution in [0.1, 0.15) is 19.8 Å². The van der Waals surface area contributed by atoms with Crippen LogP contribution < -0.4 is 5.32 Å². The Morgan fingerprint density at radius 3 is 2.70 bits per heavy atom. The second-order valence-electron chi connectivity index (χ2n) is 2.96. The van der Waals surface area contributed by atoms with Crippen molar-refractivity contribution in [1.29, 1.82) is 0 Å². The molecule has 2 nitrogen and oxygen atoms in total. The third kappa shape index (κ3) is 2.86. The standard InChI is InChI=1S/C7H15NO.ClH/c1-6-2-3-8-7(4-6)5-9;/h6-9H,2-5H2,1H3;1H. The van der Waals surface area contributed by atoms with Gasteiger partial charge in [0.05, 0.1) is 6.61 Å². The minimum absolute atomic E-state index is 0. The zero-order valence-electron chi connectivity index (χ0n) is 6.34. The van der Waals surface area contributed by atoms with Gasteiger partial charge in [-0.3, -0.25) is 0 Å². The van der Waals surface area contributed by atoms with Crippen LogP contribution in [0.25, 0.3) is 0 Å². The lowest BCUT2D eigenvalue weighted by Gasteiger charge is -2.26. The first-order chi connectivity index (χ1) is 4.33. The number of nitrogens with one attached hydrogen (secondary N) is 1. The van der Waals surface area contributed by atoms with E-state index in [1.807, 2.05) is 0 Å². The molecular weight excluding hydrogens is 150 g/mol. The van der Waals surface area contributed by atoms with Gasteiger partial charge in [0.15, 0.2) is 0 Å². The van der Waals surface area contributed by atoms with E-state index in [1.54, 1.807) is 0 Å². The van der Waals surface area contributed by atoms with Gasteiger partial charge in [-0.1, -0.05) is 6.92 Å². The van der Waals surface area contributed by atoms with Gasteiger partial charge >= 0.3 is 0 Å². The van der Waals surface area contributed by atoms with Crippen molar-refractivity contribution in [3.8, 4) is 0 Å². The van der Waals surface area contributed by atoms with E-state index in [0.29, 0.717) is 12.6 Å². The van der Waals surface area contributed by atoms with Crippen molar-refractivity contribution in [2.75, 3.05) is 13.2 Å². The van der Waals surface area contributed by atoms with E-state index in [2.05, 4.69) is 12.2 Å². The van der Waals surface area contributed by atoms with Crippen LogP contribution in [0.3, 0.4) is 0 Å². The monoisotopic (exact) mass is 165 g/mol. The van der Waals surface area contributed by atoms with E-state index in [0.717, 1.165) is 18.9 Å². The second-order valence-corrected chi connectivity index (χ2v) is 2.96. The highest BCUT2D eigenvalue weighted by molar-refractivity contribution is 5.85. The molecule has 0 aliphatic carbocycles. The van der Waals surface area contributed by atoms with Crippen molar-refractivity contribution < 1.29 is 5.11 Å². The van der Waals surface area contributed by atoms with Gasteiger partial charge in [0, 0.05) is 6.04 Å². The molecule has 1 aliphatic rings. The highest BCUT2D eigenvalue weighted by Crippen LogP contribution is 2.13.